The van der Waals surface area contributed by atoms with E-state index in [4.69, 9.17) is 5.11 Å². The van der Waals surface area contributed by atoms with Crippen molar-refractivity contribution in [2.75, 3.05) is 18.0 Å². The van der Waals surface area contributed by atoms with Crippen LogP contribution in [0.15, 0.2) is 24.3 Å². The number of carbonyl (C=O) groups is 1. The van der Waals surface area contributed by atoms with Gasteiger partial charge in [0.05, 0.1) is 0 Å². The summed E-state index contributed by atoms with van der Waals surface area (Å²) >= 11 is 0. The fourth-order valence-electron chi connectivity index (χ4n) is 2.13. The molecular formula is C16H25NO2. The van der Waals surface area contributed by atoms with Crippen LogP contribution in [-0.2, 0) is 4.79 Å². The number of hydrogen-bond donors (Lipinski definition) is 1. The first kappa shape index (κ1) is 15.5. The molecule has 0 spiro atoms. The molecule has 3 heteroatoms. The van der Waals surface area contributed by atoms with E-state index < -0.39 is 5.97 Å². The minimum absolute atomic E-state index is 0.240. The van der Waals surface area contributed by atoms with Crippen LogP contribution < -0.4 is 4.90 Å². The van der Waals surface area contributed by atoms with Crippen LogP contribution in [0.1, 0.15) is 51.5 Å². The molecule has 0 saturated heterocycles. The summed E-state index contributed by atoms with van der Waals surface area (Å²) in [6, 6.07) is 8.62. The highest BCUT2D eigenvalue weighted by atomic mass is 16.4. The van der Waals surface area contributed by atoms with E-state index in [1.165, 1.54) is 11.3 Å². The second kappa shape index (κ2) is 7.82. The average molecular weight is 263 g/mol. The highest BCUT2D eigenvalue weighted by molar-refractivity contribution is 5.66. The Hall–Kier alpha value is -1.51. The maximum atomic E-state index is 10.6. The van der Waals surface area contributed by atoms with Crippen molar-refractivity contribution in [3.63, 3.8) is 0 Å². The Morgan fingerprint density at radius 3 is 2.32 bits per heavy atom. The number of rotatable bonds is 8. The first-order valence-corrected chi connectivity index (χ1v) is 7.11. The highest BCUT2D eigenvalue weighted by Gasteiger charge is 2.07. The zero-order chi connectivity index (χ0) is 14.3. The summed E-state index contributed by atoms with van der Waals surface area (Å²) in [5.41, 5.74) is 2.53. The van der Waals surface area contributed by atoms with Crippen LogP contribution in [0, 0.1) is 0 Å². The standard InChI is InChI=1S/C16H25NO2/c1-4-11-17(12-5-6-16(18)19)15-9-7-14(8-10-15)13(2)3/h7-10,13H,4-6,11-12H2,1-3H3,(H,18,19). The van der Waals surface area contributed by atoms with Crippen molar-refractivity contribution >= 4 is 11.7 Å². The van der Waals surface area contributed by atoms with E-state index >= 15 is 0 Å². The van der Waals surface area contributed by atoms with Crippen LogP contribution in [0.25, 0.3) is 0 Å². The normalized spacial score (nSPS) is 10.7. The zero-order valence-corrected chi connectivity index (χ0v) is 12.2. The Bertz CT molecular complexity index is 384. The summed E-state index contributed by atoms with van der Waals surface area (Å²) in [5.74, 6) is -0.174. The molecule has 0 atom stereocenters. The molecule has 0 saturated carbocycles. The van der Waals surface area contributed by atoms with Gasteiger partial charge in [-0.2, -0.15) is 0 Å². The molecule has 0 unspecified atom stereocenters. The van der Waals surface area contributed by atoms with E-state index in [1.807, 2.05) is 0 Å². The number of carboxylic acid groups (broad SMARTS) is 1. The molecule has 0 aliphatic carbocycles. The SMILES string of the molecule is CCCN(CCCC(=O)O)c1ccc(C(C)C)cc1. The minimum atomic E-state index is -0.716. The Morgan fingerprint density at radius 1 is 1.21 bits per heavy atom. The predicted molar refractivity (Wildman–Crippen MR) is 79.9 cm³/mol. The first-order chi connectivity index (χ1) is 9.04. The van der Waals surface area contributed by atoms with Gasteiger partial charge in [0, 0.05) is 25.2 Å². The quantitative estimate of drug-likeness (QED) is 0.773. The monoisotopic (exact) mass is 263 g/mol. The second-order valence-electron chi connectivity index (χ2n) is 5.23. The topological polar surface area (TPSA) is 40.5 Å². The summed E-state index contributed by atoms with van der Waals surface area (Å²) in [7, 11) is 0. The first-order valence-electron chi connectivity index (χ1n) is 7.11. The fraction of sp³-hybridized carbons (Fsp3) is 0.562. The highest BCUT2D eigenvalue weighted by Crippen LogP contribution is 2.20. The van der Waals surface area contributed by atoms with E-state index in [0.29, 0.717) is 12.3 Å². The van der Waals surface area contributed by atoms with Gasteiger partial charge >= 0.3 is 5.97 Å². The Morgan fingerprint density at radius 2 is 1.84 bits per heavy atom. The minimum Gasteiger partial charge on any atom is -0.481 e. The Balaban J connectivity index is 2.66. The summed E-state index contributed by atoms with van der Waals surface area (Å²) < 4.78 is 0. The molecule has 0 fully saturated rings. The maximum Gasteiger partial charge on any atom is 0.303 e. The lowest BCUT2D eigenvalue weighted by Gasteiger charge is -2.24. The average Bonchev–Trinajstić information content (AvgIpc) is 2.37. The van der Waals surface area contributed by atoms with Gasteiger partial charge in [-0.3, -0.25) is 4.79 Å². The molecule has 0 heterocycles. The van der Waals surface area contributed by atoms with Crippen molar-refractivity contribution in [1.82, 2.24) is 0 Å². The number of benzene rings is 1. The lowest BCUT2D eigenvalue weighted by molar-refractivity contribution is -0.137. The number of aliphatic carboxylic acids is 1. The summed E-state index contributed by atoms with van der Waals surface area (Å²) in [5, 5.41) is 8.71. The van der Waals surface area contributed by atoms with Gasteiger partial charge in [0.2, 0.25) is 0 Å². The molecule has 106 valence electrons. The number of anilines is 1. The van der Waals surface area contributed by atoms with Crippen LogP contribution in [0.2, 0.25) is 0 Å². The van der Waals surface area contributed by atoms with Crippen molar-refractivity contribution in [1.29, 1.82) is 0 Å². The predicted octanol–water partition coefficient (Wildman–Crippen LogP) is 3.89. The number of nitrogens with zero attached hydrogens (tertiary/aromatic N) is 1. The van der Waals surface area contributed by atoms with Gasteiger partial charge in [-0.1, -0.05) is 32.9 Å². The van der Waals surface area contributed by atoms with E-state index in [0.717, 1.165) is 19.5 Å². The van der Waals surface area contributed by atoms with E-state index in [2.05, 4.69) is 49.9 Å². The lowest BCUT2D eigenvalue weighted by Crippen LogP contribution is -2.25. The van der Waals surface area contributed by atoms with Gasteiger partial charge in [-0.15, -0.1) is 0 Å². The van der Waals surface area contributed by atoms with Crippen molar-refractivity contribution in [2.24, 2.45) is 0 Å². The molecule has 0 aromatic heterocycles. The summed E-state index contributed by atoms with van der Waals surface area (Å²) in [6.07, 6.45) is 2.00. The third kappa shape index (κ3) is 5.33. The van der Waals surface area contributed by atoms with E-state index in [-0.39, 0.29) is 6.42 Å². The third-order valence-electron chi connectivity index (χ3n) is 3.24. The van der Waals surface area contributed by atoms with Crippen molar-refractivity contribution in [3.05, 3.63) is 29.8 Å². The molecule has 0 aliphatic rings. The van der Waals surface area contributed by atoms with Gasteiger partial charge in [-0.25, -0.2) is 0 Å². The molecule has 1 aromatic rings. The molecule has 19 heavy (non-hydrogen) atoms. The van der Waals surface area contributed by atoms with Gasteiger partial charge in [0.25, 0.3) is 0 Å². The third-order valence-corrected chi connectivity index (χ3v) is 3.24. The van der Waals surface area contributed by atoms with E-state index in [9.17, 15) is 4.79 Å². The molecule has 0 bridgehead atoms. The van der Waals surface area contributed by atoms with Crippen molar-refractivity contribution < 1.29 is 9.90 Å². The maximum absolute atomic E-state index is 10.6. The number of hydrogen-bond acceptors (Lipinski definition) is 2. The molecule has 1 N–H and O–H groups in total. The Kier molecular flexibility index (Phi) is 6.40. The number of carboxylic acids is 1. The molecule has 0 radical (unpaired) electrons. The van der Waals surface area contributed by atoms with Crippen molar-refractivity contribution in [3.8, 4) is 0 Å². The molecule has 0 amide bonds. The Labute approximate surface area is 116 Å². The van der Waals surface area contributed by atoms with Crippen LogP contribution in [0.3, 0.4) is 0 Å². The van der Waals surface area contributed by atoms with Crippen LogP contribution in [-0.4, -0.2) is 24.2 Å². The van der Waals surface area contributed by atoms with Crippen LogP contribution >= 0.6 is 0 Å². The smallest absolute Gasteiger partial charge is 0.303 e. The zero-order valence-electron chi connectivity index (χ0n) is 12.2. The van der Waals surface area contributed by atoms with Gasteiger partial charge in [0.15, 0.2) is 0 Å². The fourth-order valence-corrected chi connectivity index (χ4v) is 2.13. The van der Waals surface area contributed by atoms with Gasteiger partial charge in [0.1, 0.15) is 0 Å². The largest absolute Gasteiger partial charge is 0.481 e. The molecule has 3 nitrogen and oxygen atoms in total. The molecule has 0 aliphatic heterocycles. The molecular weight excluding hydrogens is 238 g/mol. The van der Waals surface area contributed by atoms with Crippen molar-refractivity contribution in [2.45, 2.75) is 46.0 Å². The van der Waals surface area contributed by atoms with E-state index in [1.54, 1.807) is 0 Å². The van der Waals surface area contributed by atoms with Crippen LogP contribution in [0.4, 0.5) is 5.69 Å². The van der Waals surface area contributed by atoms with Crippen LogP contribution in [0.5, 0.6) is 0 Å². The van der Waals surface area contributed by atoms with Gasteiger partial charge < -0.3 is 10.0 Å². The van der Waals surface area contributed by atoms with Gasteiger partial charge in [-0.05, 0) is 36.5 Å². The second-order valence-corrected chi connectivity index (χ2v) is 5.23. The molecule has 1 rings (SSSR count). The summed E-state index contributed by atoms with van der Waals surface area (Å²) in [4.78, 5) is 12.8. The molecule has 1 aromatic carbocycles. The summed E-state index contributed by atoms with van der Waals surface area (Å²) in [6.45, 7) is 8.30. The lowest BCUT2D eigenvalue weighted by atomic mass is 10.0.